The number of carboxylic acids is 1. The van der Waals surface area contributed by atoms with Crippen molar-refractivity contribution in [3.05, 3.63) is 65.2 Å². The second-order valence-electron chi connectivity index (χ2n) is 7.12. The molecule has 2 aromatic carbocycles. The van der Waals surface area contributed by atoms with Crippen molar-refractivity contribution in [2.75, 3.05) is 11.9 Å². The molecule has 1 unspecified atom stereocenters. The molecule has 0 bridgehead atoms. The van der Waals surface area contributed by atoms with E-state index in [1.807, 2.05) is 43.3 Å². The van der Waals surface area contributed by atoms with Gasteiger partial charge in [0.2, 0.25) is 5.91 Å². The predicted octanol–water partition coefficient (Wildman–Crippen LogP) is 3.29. The fourth-order valence-corrected chi connectivity index (χ4v) is 3.84. The van der Waals surface area contributed by atoms with Crippen LogP contribution in [0.15, 0.2) is 48.5 Å². The first-order chi connectivity index (χ1) is 13.4. The molecule has 2 atom stereocenters. The molecule has 3 rings (SSSR count). The highest BCUT2D eigenvalue weighted by molar-refractivity contribution is 6.03. The molecule has 0 fully saturated rings. The number of benzene rings is 2. The molecule has 0 radical (unpaired) electrons. The van der Waals surface area contributed by atoms with Gasteiger partial charge in [-0.2, -0.15) is 0 Å². The Morgan fingerprint density at radius 2 is 1.93 bits per heavy atom. The molecule has 28 heavy (non-hydrogen) atoms. The van der Waals surface area contributed by atoms with Gasteiger partial charge in [-0.1, -0.05) is 30.3 Å². The normalized spacial score (nSPS) is 17.1. The second-order valence-corrected chi connectivity index (χ2v) is 7.12. The molecule has 2 aromatic rings. The van der Waals surface area contributed by atoms with E-state index in [9.17, 15) is 19.5 Å². The van der Waals surface area contributed by atoms with Gasteiger partial charge in [0.05, 0.1) is 12.6 Å². The monoisotopic (exact) mass is 380 g/mol. The number of anilines is 1. The van der Waals surface area contributed by atoms with E-state index in [1.165, 1.54) is 6.92 Å². The number of amides is 1. The van der Waals surface area contributed by atoms with E-state index in [4.69, 9.17) is 0 Å². The minimum Gasteiger partial charge on any atom is -0.480 e. The van der Waals surface area contributed by atoms with Gasteiger partial charge in [-0.25, -0.2) is 0 Å². The molecular weight excluding hydrogens is 356 g/mol. The van der Waals surface area contributed by atoms with Gasteiger partial charge in [-0.15, -0.1) is 0 Å². The SMILES string of the molecule is CC(=O)Nc1ccc2c(c1)CCC(N(CC(=O)O)[C@H](C)c1ccccc1)C2=O. The lowest BCUT2D eigenvalue weighted by molar-refractivity contribution is -0.139. The molecule has 2 N–H and O–H groups in total. The Bertz CT molecular complexity index is 895. The molecule has 0 aromatic heterocycles. The third kappa shape index (κ3) is 4.28. The van der Waals surface area contributed by atoms with Crippen molar-refractivity contribution in [2.24, 2.45) is 0 Å². The molecule has 6 heteroatoms. The van der Waals surface area contributed by atoms with Crippen LogP contribution >= 0.6 is 0 Å². The third-order valence-corrected chi connectivity index (χ3v) is 5.18. The summed E-state index contributed by atoms with van der Waals surface area (Å²) in [5, 5.41) is 12.2. The largest absolute Gasteiger partial charge is 0.480 e. The van der Waals surface area contributed by atoms with E-state index in [0.29, 0.717) is 24.1 Å². The van der Waals surface area contributed by atoms with Gasteiger partial charge in [0, 0.05) is 24.2 Å². The van der Waals surface area contributed by atoms with E-state index >= 15 is 0 Å². The zero-order valence-corrected chi connectivity index (χ0v) is 16.0. The summed E-state index contributed by atoms with van der Waals surface area (Å²) in [6.07, 6.45) is 1.19. The highest BCUT2D eigenvalue weighted by Gasteiger charge is 2.35. The summed E-state index contributed by atoms with van der Waals surface area (Å²) in [5.41, 5.74) is 3.12. The summed E-state index contributed by atoms with van der Waals surface area (Å²) in [6.45, 7) is 3.17. The van der Waals surface area contributed by atoms with Crippen LogP contribution in [0.5, 0.6) is 0 Å². The Kier molecular flexibility index (Phi) is 5.90. The first-order valence-corrected chi connectivity index (χ1v) is 9.34. The smallest absolute Gasteiger partial charge is 0.317 e. The number of hydrogen-bond donors (Lipinski definition) is 2. The first-order valence-electron chi connectivity index (χ1n) is 9.34. The summed E-state index contributed by atoms with van der Waals surface area (Å²) < 4.78 is 0. The number of rotatable bonds is 6. The number of carbonyl (C=O) groups is 3. The van der Waals surface area contributed by atoms with Gasteiger partial charge < -0.3 is 10.4 Å². The molecule has 0 heterocycles. The fourth-order valence-electron chi connectivity index (χ4n) is 3.84. The average molecular weight is 380 g/mol. The summed E-state index contributed by atoms with van der Waals surface area (Å²) in [4.78, 5) is 37.7. The van der Waals surface area contributed by atoms with Crippen LogP contribution in [0.4, 0.5) is 5.69 Å². The molecule has 0 saturated carbocycles. The number of ketones is 1. The van der Waals surface area contributed by atoms with Crippen molar-refractivity contribution < 1.29 is 19.5 Å². The number of hydrogen-bond acceptors (Lipinski definition) is 4. The Hall–Kier alpha value is -2.99. The first kappa shape index (κ1) is 19.8. The summed E-state index contributed by atoms with van der Waals surface area (Å²) in [7, 11) is 0. The van der Waals surface area contributed by atoms with Crippen molar-refractivity contribution in [2.45, 2.75) is 38.8 Å². The zero-order valence-electron chi connectivity index (χ0n) is 16.0. The number of nitrogens with one attached hydrogen (secondary N) is 1. The summed E-state index contributed by atoms with van der Waals surface area (Å²) in [6, 6.07) is 14.2. The number of carbonyl (C=O) groups excluding carboxylic acids is 2. The van der Waals surface area contributed by atoms with Gasteiger partial charge >= 0.3 is 5.97 Å². The van der Waals surface area contributed by atoms with Crippen molar-refractivity contribution >= 4 is 23.3 Å². The summed E-state index contributed by atoms with van der Waals surface area (Å²) >= 11 is 0. The Balaban J connectivity index is 1.89. The average Bonchev–Trinajstić information content (AvgIpc) is 2.66. The maximum Gasteiger partial charge on any atom is 0.317 e. The minimum absolute atomic E-state index is 0.0698. The van der Waals surface area contributed by atoms with Crippen LogP contribution in [-0.2, 0) is 16.0 Å². The van der Waals surface area contributed by atoms with Gasteiger partial charge in [0.15, 0.2) is 5.78 Å². The fraction of sp³-hybridized carbons (Fsp3) is 0.318. The van der Waals surface area contributed by atoms with Gasteiger partial charge in [-0.3, -0.25) is 19.3 Å². The third-order valence-electron chi connectivity index (χ3n) is 5.18. The van der Waals surface area contributed by atoms with Crippen LogP contribution in [-0.4, -0.2) is 40.3 Å². The molecule has 1 aliphatic carbocycles. The van der Waals surface area contributed by atoms with Gasteiger partial charge in [0.1, 0.15) is 0 Å². The summed E-state index contributed by atoms with van der Waals surface area (Å²) in [5.74, 6) is -1.19. The number of carboxylic acid groups (broad SMARTS) is 1. The highest BCUT2D eigenvalue weighted by atomic mass is 16.4. The van der Waals surface area contributed by atoms with Crippen molar-refractivity contribution in [3.63, 3.8) is 0 Å². The van der Waals surface area contributed by atoms with Crippen LogP contribution in [0, 0.1) is 0 Å². The molecule has 0 saturated heterocycles. The topological polar surface area (TPSA) is 86.7 Å². The second kappa shape index (κ2) is 8.35. The quantitative estimate of drug-likeness (QED) is 0.803. The molecule has 146 valence electrons. The Labute approximate surface area is 164 Å². The van der Waals surface area contributed by atoms with Crippen LogP contribution in [0.25, 0.3) is 0 Å². The number of aryl methyl sites for hydroxylation is 1. The Morgan fingerprint density at radius 3 is 2.57 bits per heavy atom. The number of aliphatic carboxylic acids is 1. The predicted molar refractivity (Wildman–Crippen MR) is 106 cm³/mol. The molecule has 0 aliphatic heterocycles. The van der Waals surface area contributed by atoms with E-state index < -0.39 is 12.0 Å². The molecule has 1 aliphatic rings. The molecule has 6 nitrogen and oxygen atoms in total. The molecular formula is C22H24N2O4. The standard InChI is InChI=1S/C22H24N2O4/c1-14(16-6-4-3-5-7-16)24(13-21(26)27)20-11-8-17-12-18(23-15(2)25)9-10-19(17)22(20)28/h3-7,9-10,12,14,20H,8,11,13H2,1-2H3,(H,23,25)(H,26,27)/t14-,20?/m1/s1. The number of nitrogens with zero attached hydrogens (tertiary/aromatic N) is 1. The number of Topliss-reactive ketones (excluding diaryl/α,β-unsaturated/α-hetero) is 1. The number of fused-ring (bicyclic) bond motifs is 1. The van der Waals surface area contributed by atoms with E-state index in [0.717, 1.165) is 11.1 Å². The molecule has 0 spiro atoms. The van der Waals surface area contributed by atoms with Gasteiger partial charge in [0.25, 0.3) is 0 Å². The van der Waals surface area contributed by atoms with E-state index in [1.54, 1.807) is 17.0 Å². The zero-order chi connectivity index (χ0) is 20.3. The maximum atomic E-state index is 13.2. The minimum atomic E-state index is -0.956. The highest BCUT2D eigenvalue weighted by Crippen LogP contribution is 2.31. The lowest BCUT2D eigenvalue weighted by Crippen LogP contribution is -2.47. The van der Waals surface area contributed by atoms with E-state index in [2.05, 4.69) is 5.32 Å². The van der Waals surface area contributed by atoms with Crippen molar-refractivity contribution in [1.29, 1.82) is 0 Å². The van der Waals surface area contributed by atoms with Crippen LogP contribution in [0.3, 0.4) is 0 Å². The van der Waals surface area contributed by atoms with Crippen LogP contribution in [0.1, 0.15) is 47.8 Å². The van der Waals surface area contributed by atoms with Crippen LogP contribution < -0.4 is 5.32 Å². The van der Waals surface area contributed by atoms with Crippen molar-refractivity contribution in [1.82, 2.24) is 4.90 Å². The Morgan fingerprint density at radius 1 is 1.21 bits per heavy atom. The lowest BCUT2D eigenvalue weighted by Gasteiger charge is -2.37. The van der Waals surface area contributed by atoms with Crippen LogP contribution in [0.2, 0.25) is 0 Å². The lowest BCUT2D eigenvalue weighted by atomic mass is 9.85. The molecule has 1 amide bonds. The van der Waals surface area contributed by atoms with E-state index in [-0.39, 0.29) is 24.3 Å². The van der Waals surface area contributed by atoms with Gasteiger partial charge in [-0.05, 0) is 49.1 Å². The maximum absolute atomic E-state index is 13.2. The van der Waals surface area contributed by atoms with Crippen molar-refractivity contribution in [3.8, 4) is 0 Å².